The van der Waals surface area contributed by atoms with Crippen LogP contribution in [0.25, 0.3) is 0 Å². The van der Waals surface area contributed by atoms with E-state index in [2.05, 4.69) is 6.92 Å². The Morgan fingerprint density at radius 3 is 2.67 bits per heavy atom. The van der Waals surface area contributed by atoms with Gasteiger partial charge in [-0.2, -0.15) is 0 Å². The summed E-state index contributed by atoms with van der Waals surface area (Å²) in [6.07, 6.45) is 3.41. The lowest BCUT2D eigenvalue weighted by Gasteiger charge is -1.97. The van der Waals surface area contributed by atoms with Gasteiger partial charge < -0.3 is 10.7 Å². The highest BCUT2D eigenvalue weighted by atomic mass is 16.5. The molecule has 2 N–H and O–H groups in total. The monoisotopic (exact) mass is 131 g/mol. The van der Waals surface area contributed by atoms with Crippen molar-refractivity contribution in [3.63, 3.8) is 0 Å². The Morgan fingerprint density at radius 2 is 2.22 bits per heavy atom. The van der Waals surface area contributed by atoms with Gasteiger partial charge in [-0.15, -0.1) is 0 Å². The minimum Gasteiger partial charge on any atom is -0.628 e. The highest BCUT2D eigenvalue weighted by Gasteiger charge is 1.97. The number of unbranched alkanes of at least 4 members (excludes halogenated alkanes) is 2. The summed E-state index contributed by atoms with van der Waals surface area (Å²) in [5.41, 5.74) is 0.398. The molecule has 0 unspecified atom stereocenters. The Labute approximate surface area is 55.0 Å². The first-order valence-electron chi connectivity index (χ1n) is 3.29. The zero-order chi connectivity index (χ0) is 7.11. The second-order valence-electron chi connectivity index (χ2n) is 2.04. The number of hydrogen-bond donors (Lipinski definition) is 1. The van der Waals surface area contributed by atoms with Crippen LogP contribution in [0.1, 0.15) is 32.6 Å². The number of carbonyl (C=O) groups excluding carboxylic acids is 1. The van der Waals surface area contributed by atoms with Crippen molar-refractivity contribution in [3.8, 4) is 0 Å². The average molecular weight is 131 g/mol. The fourth-order valence-electron chi connectivity index (χ4n) is 0.608. The summed E-state index contributed by atoms with van der Waals surface area (Å²) in [5, 5.41) is 9.75. The summed E-state index contributed by atoms with van der Waals surface area (Å²) in [6.45, 7) is 2.06. The molecule has 3 heteroatoms. The maximum absolute atomic E-state index is 10.3. The van der Waals surface area contributed by atoms with Gasteiger partial charge >= 0.3 is 5.91 Å². The second kappa shape index (κ2) is 5.72. The van der Waals surface area contributed by atoms with Crippen LogP contribution in [0, 0.1) is 5.21 Å². The molecule has 0 saturated heterocycles. The number of primary amides is 1. The van der Waals surface area contributed by atoms with Crippen LogP contribution in [0.2, 0.25) is 0 Å². The smallest absolute Gasteiger partial charge is 0.310 e. The lowest BCUT2D eigenvalue weighted by atomic mass is 10.2. The van der Waals surface area contributed by atoms with Crippen LogP contribution in [0.15, 0.2) is 0 Å². The molecule has 0 saturated carbocycles. The number of hydroxylamine groups is 1. The molecule has 0 heterocycles. The SMILES string of the molecule is CCCCCC(=O)[NH2+][O-]. The average Bonchev–Trinajstić information content (AvgIpc) is 1.89. The summed E-state index contributed by atoms with van der Waals surface area (Å²) in [5.74, 6) is -0.275. The molecule has 0 aliphatic rings. The summed E-state index contributed by atoms with van der Waals surface area (Å²) in [6, 6.07) is 0. The quantitative estimate of drug-likeness (QED) is 0.436. The fraction of sp³-hybridized carbons (Fsp3) is 0.833. The van der Waals surface area contributed by atoms with E-state index in [1.54, 1.807) is 0 Å². The van der Waals surface area contributed by atoms with E-state index in [1.165, 1.54) is 0 Å². The summed E-state index contributed by atoms with van der Waals surface area (Å²) in [4.78, 5) is 10.3. The van der Waals surface area contributed by atoms with Crippen LogP contribution in [0.5, 0.6) is 0 Å². The number of carbonyl (C=O) groups is 1. The third-order valence-corrected chi connectivity index (χ3v) is 1.16. The van der Waals surface area contributed by atoms with Crippen molar-refractivity contribution in [2.24, 2.45) is 0 Å². The van der Waals surface area contributed by atoms with Gasteiger partial charge in [0.2, 0.25) is 0 Å². The zero-order valence-electron chi connectivity index (χ0n) is 5.72. The van der Waals surface area contributed by atoms with E-state index < -0.39 is 0 Å². The first-order chi connectivity index (χ1) is 4.31. The molecule has 3 nitrogen and oxygen atoms in total. The van der Waals surface area contributed by atoms with Gasteiger partial charge in [-0.3, -0.25) is 0 Å². The van der Waals surface area contributed by atoms with E-state index in [0.717, 1.165) is 19.3 Å². The predicted molar refractivity (Wildman–Crippen MR) is 34.4 cm³/mol. The molecule has 1 amide bonds. The summed E-state index contributed by atoms with van der Waals surface area (Å²) >= 11 is 0. The predicted octanol–water partition coefficient (Wildman–Crippen LogP) is 0.155. The van der Waals surface area contributed by atoms with Gasteiger partial charge in [-0.1, -0.05) is 19.8 Å². The van der Waals surface area contributed by atoms with E-state index in [9.17, 15) is 10.0 Å². The Hall–Kier alpha value is -0.410. The molecule has 0 aliphatic heterocycles. The molecule has 0 aromatic carbocycles. The molecule has 0 aromatic heterocycles. The first-order valence-corrected chi connectivity index (χ1v) is 3.29. The van der Waals surface area contributed by atoms with Crippen molar-refractivity contribution in [3.05, 3.63) is 5.21 Å². The van der Waals surface area contributed by atoms with Crippen LogP contribution in [0.3, 0.4) is 0 Å². The number of rotatable bonds is 4. The standard InChI is InChI=1S/C6H13NO2/c1-2-3-4-5-6(8)7-9/h2-5,7H2,1H3. The lowest BCUT2D eigenvalue weighted by Crippen LogP contribution is -2.81. The largest absolute Gasteiger partial charge is 0.628 e. The Bertz CT molecular complexity index is 83.1. The molecule has 0 atom stereocenters. The molecule has 0 rings (SSSR count). The van der Waals surface area contributed by atoms with E-state index in [0.29, 0.717) is 11.9 Å². The number of amides is 1. The first kappa shape index (κ1) is 8.59. The van der Waals surface area contributed by atoms with Crippen LogP contribution in [-0.4, -0.2) is 5.91 Å². The highest BCUT2D eigenvalue weighted by Crippen LogP contribution is 1.96. The molecule has 0 aliphatic carbocycles. The van der Waals surface area contributed by atoms with Gasteiger partial charge in [0.05, 0.1) is 6.42 Å². The second-order valence-corrected chi connectivity index (χ2v) is 2.04. The molecule has 54 valence electrons. The van der Waals surface area contributed by atoms with Gasteiger partial charge in [0.25, 0.3) is 0 Å². The van der Waals surface area contributed by atoms with Crippen LogP contribution >= 0.6 is 0 Å². The van der Waals surface area contributed by atoms with Crippen molar-refractivity contribution in [1.82, 2.24) is 0 Å². The Balaban J connectivity index is 2.97. The lowest BCUT2D eigenvalue weighted by molar-refractivity contribution is -0.500. The molecular weight excluding hydrogens is 118 g/mol. The third-order valence-electron chi connectivity index (χ3n) is 1.16. The van der Waals surface area contributed by atoms with Crippen LogP contribution < -0.4 is 5.48 Å². The van der Waals surface area contributed by atoms with E-state index >= 15 is 0 Å². The minimum atomic E-state index is -0.275. The van der Waals surface area contributed by atoms with Gasteiger partial charge in [0, 0.05) is 0 Å². The summed E-state index contributed by atoms with van der Waals surface area (Å²) < 4.78 is 0. The molecular formula is C6H13NO2. The van der Waals surface area contributed by atoms with Gasteiger partial charge in [0.1, 0.15) is 0 Å². The molecule has 0 bridgehead atoms. The Kier molecular flexibility index (Phi) is 5.46. The fourth-order valence-corrected chi connectivity index (χ4v) is 0.608. The molecule has 0 aromatic rings. The molecule has 0 spiro atoms. The van der Waals surface area contributed by atoms with Crippen molar-refractivity contribution in [2.75, 3.05) is 0 Å². The highest BCUT2D eigenvalue weighted by molar-refractivity contribution is 5.65. The van der Waals surface area contributed by atoms with Crippen molar-refractivity contribution < 1.29 is 10.3 Å². The van der Waals surface area contributed by atoms with Gasteiger partial charge in [-0.25, -0.2) is 4.79 Å². The van der Waals surface area contributed by atoms with Crippen LogP contribution in [-0.2, 0) is 4.79 Å². The third kappa shape index (κ3) is 5.46. The van der Waals surface area contributed by atoms with Gasteiger partial charge in [0.15, 0.2) is 0 Å². The maximum atomic E-state index is 10.3. The minimum absolute atomic E-state index is 0.275. The van der Waals surface area contributed by atoms with Gasteiger partial charge in [-0.05, 0) is 6.42 Å². The topological polar surface area (TPSA) is 56.7 Å². The van der Waals surface area contributed by atoms with E-state index in [1.807, 2.05) is 0 Å². The van der Waals surface area contributed by atoms with E-state index in [-0.39, 0.29) is 5.91 Å². The summed E-state index contributed by atoms with van der Waals surface area (Å²) in [7, 11) is 0. The van der Waals surface area contributed by atoms with Crippen LogP contribution in [0.4, 0.5) is 0 Å². The molecule has 0 fully saturated rings. The van der Waals surface area contributed by atoms with Crippen molar-refractivity contribution in [2.45, 2.75) is 32.6 Å². The van der Waals surface area contributed by atoms with E-state index in [4.69, 9.17) is 0 Å². The number of hydrogen-bond acceptors (Lipinski definition) is 2. The molecule has 9 heavy (non-hydrogen) atoms. The zero-order valence-corrected chi connectivity index (χ0v) is 5.72. The maximum Gasteiger partial charge on any atom is 0.310 e. The van der Waals surface area contributed by atoms with Crippen molar-refractivity contribution in [1.29, 1.82) is 0 Å². The normalized spacial score (nSPS) is 9.56. The number of quaternary nitrogens is 1. The Morgan fingerprint density at radius 1 is 1.56 bits per heavy atom. The number of nitrogens with two attached hydrogens (primary N) is 1. The molecule has 0 radical (unpaired) electrons. The van der Waals surface area contributed by atoms with Crippen molar-refractivity contribution >= 4 is 5.91 Å².